The van der Waals surface area contributed by atoms with Crippen LogP contribution in [0.2, 0.25) is 0 Å². The van der Waals surface area contributed by atoms with E-state index in [9.17, 15) is 4.39 Å². The monoisotopic (exact) mass is 524 g/mol. The Bertz CT molecular complexity index is 1720. The summed E-state index contributed by atoms with van der Waals surface area (Å²) in [7, 11) is 0. The van der Waals surface area contributed by atoms with Gasteiger partial charge in [-0.05, 0) is 66.8 Å². The number of thiophene rings is 1. The molecule has 0 unspecified atom stereocenters. The third-order valence-corrected chi connectivity index (χ3v) is 7.08. The number of allylic oxidation sites excluding steroid dienone is 5. The molecule has 0 amide bonds. The highest BCUT2D eigenvalue weighted by molar-refractivity contribution is 7.14. The van der Waals surface area contributed by atoms with E-state index in [0.717, 1.165) is 72.7 Å². The van der Waals surface area contributed by atoms with Gasteiger partial charge in [-0.25, -0.2) is 4.98 Å². The SMILES string of the molecule is C=C/C(=C\C(=C/C)c1ccc2[nH]nc(-c3nc4c(-c5ccc(F)s5)cncc4[nH]3)c2c1)NC(=C)CC(C)C. The summed E-state index contributed by atoms with van der Waals surface area (Å²) < 4.78 is 13.7. The Morgan fingerprint density at radius 3 is 2.74 bits per heavy atom. The molecule has 0 aliphatic carbocycles. The standard InChI is InChI=1S/C30H29FN6S/c1-6-19(13-21(7-2)33-18(5)12-17(3)4)20-8-9-24-22(14-20)29(37-36-24)30-34-25-16-32-15-23(28(25)35-30)26-10-11-27(31)38-26/h6-11,13-17,33H,2,5,12H2,1,3-4H3,(H,34,35)(H,36,37)/b19-6+,21-13+. The molecular formula is C30H29FN6S. The van der Waals surface area contributed by atoms with E-state index in [4.69, 9.17) is 4.98 Å². The highest BCUT2D eigenvalue weighted by Crippen LogP contribution is 2.34. The van der Waals surface area contributed by atoms with E-state index in [1.54, 1.807) is 24.5 Å². The van der Waals surface area contributed by atoms with Crippen LogP contribution >= 0.6 is 11.3 Å². The summed E-state index contributed by atoms with van der Waals surface area (Å²) in [5.41, 5.74) is 7.79. The third-order valence-electron chi connectivity index (χ3n) is 6.17. The number of H-pyrrole nitrogens is 2. The molecule has 0 atom stereocenters. The van der Waals surface area contributed by atoms with Crippen molar-refractivity contribution in [2.45, 2.75) is 27.2 Å². The molecule has 5 aromatic rings. The Kier molecular flexibility index (Phi) is 7.07. The van der Waals surface area contributed by atoms with E-state index in [-0.39, 0.29) is 5.13 Å². The lowest BCUT2D eigenvalue weighted by Gasteiger charge is -2.13. The Balaban J connectivity index is 1.52. The van der Waals surface area contributed by atoms with Crippen LogP contribution in [0, 0.1) is 11.0 Å². The van der Waals surface area contributed by atoms with Crippen LogP contribution < -0.4 is 5.32 Å². The zero-order valence-corrected chi connectivity index (χ0v) is 22.4. The van der Waals surface area contributed by atoms with Crippen molar-refractivity contribution >= 4 is 38.8 Å². The Morgan fingerprint density at radius 1 is 1.18 bits per heavy atom. The summed E-state index contributed by atoms with van der Waals surface area (Å²) in [6, 6.07) is 9.38. The maximum absolute atomic E-state index is 13.7. The second-order valence-corrected chi connectivity index (χ2v) is 10.5. The highest BCUT2D eigenvalue weighted by atomic mass is 32.1. The number of hydrogen-bond acceptors (Lipinski definition) is 5. The number of nitrogens with zero attached hydrogens (tertiary/aromatic N) is 3. The van der Waals surface area contributed by atoms with E-state index in [1.807, 2.05) is 13.0 Å². The molecule has 0 spiro atoms. The molecular weight excluding hydrogens is 495 g/mol. The number of imidazole rings is 1. The molecule has 0 bridgehead atoms. The first kappa shape index (κ1) is 25.4. The fourth-order valence-corrected chi connectivity index (χ4v) is 5.20. The maximum atomic E-state index is 13.7. The van der Waals surface area contributed by atoms with Gasteiger partial charge in [-0.15, -0.1) is 11.3 Å². The fourth-order valence-electron chi connectivity index (χ4n) is 4.45. The van der Waals surface area contributed by atoms with Crippen molar-refractivity contribution in [2.75, 3.05) is 0 Å². The van der Waals surface area contributed by atoms with Gasteiger partial charge in [-0.2, -0.15) is 9.49 Å². The zero-order valence-electron chi connectivity index (χ0n) is 21.6. The van der Waals surface area contributed by atoms with E-state index < -0.39 is 0 Å². The average molecular weight is 525 g/mol. The summed E-state index contributed by atoms with van der Waals surface area (Å²) in [5.74, 6) is 1.13. The quantitative estimate of drug-likeness (QED) is 0.171. The minimum Gasteiger partial charge on any atom is -0.359 e. The lowest BCUT2D eigenvalue weighted by Crippen LogP contribution is -2.12. The van der Waals surface area contributed by atoms with Crippen molar-refractivity contribution in [1.82, 2.24) is 30.5 Å². The summed E-state index contributed by atoms with van der Waals surface area (Å²) in [6.07, 6.45) is 10.3. The molecule has 4 heterocycles. The summed E-state index contributed by atoms with van der Waals surface area (Å²) >= 11 is 1.07. The van der Waals surface area contributed by atoms with Crippen molar-refractivity contribution in [3.63, 3.8) is 0 Å². The normalized spacial score (nSPS) is 12.6. The van der Waals surface area contributed by atoms with Crippen LogP contribution in [-0.4, -0.2) is 25.1 Å². The van der Waals surface area contributed by atoms with Gasteiger partial charge in [-0.3, -0.25) is 10.1 Å². The van der Waals surface area contributed by atoms with Crippen molar-refractivity contribution in [2.24, 2.45) is 5.92 Å². The van der Waals surface area contributed by atoms with E-state index in [1.165, 1.54) is 6.07 Å². The molecule has 0 saturated heterocycles. The molecule has 0 radical (unpaired) electrons. The van der Waals surface area contributed by atoms with Gasteiger partial charge in [0.15, 0.2) is 11.0 Å². The van der Waals surface area contributed by atoms with E-state index >= 15 is 0 Å². The number of pyridine rings is 1. The van der Waals surface area contributed by atoms with Gasteiger partial charge in [0.05, 0.1) is 17.2 Å². The number of aromatic nitrogens is 5. The van der Waals surface area contributed by atoms with E-state index in [2.05, 4.69) is 76.8 Å². The summed E-state index contributed by atoms with van der Waals surface area (Å²) in [5, 5.41) is 11.8. The number of nitrogens with one attached hydrogen (secondary N) is 3. The Morgan fingerprint density at radius 2 is 2.03 bits per heavy atom. The largest absolute Gasteiger partial charge is 0.359 e. The molecule has 5 rings (SSSR count). The number of rotatable bonds is 9. The lowest BCUT2D eigenvalue weighted by molar-refractivity contribution is 0.622. The lowest BCUT2D eigenvalue weighted by atomic mass is 10.0. The van der Waals surface area contributed by atoms with Gasteiger partial charge >= 0.3 is 0 Å². The third kappa shape index (κ3) is 5.08. The van der Waals surface area contributed by atoms with Gasteiger partial charge in [0.2, 0.25) is 0 Å². The molecule has 1 aromatic carbocycles. The first-order valence-electron chi connectivity index (χ1n) is 12.4. The van der Waals surface area contributed by atoms with Crippen LogP contribution in [-0.2, 0) is 0 Å². The maximum Gasteiger partial charge on any atom is 0.176 e. The Hall–Kier alpha value is -4.30. The highest BCUT2D eigenvalue weighted by Gasteiger charge is 2.17. The van der Waals surface area contributed by atoms with Crippen LogP contribution in [0.1, 0.15) is 32.8 Å². The first-order valence-corrected chi connectivity index (χ1v) is 13.2. The number of aromatic amines is 2. The van der Waals surface area contributed by atoms with Crippen molar-refractivity contribution in [1.29, 1.82) is 0 Å². The van der Waals surface area contributed by atoms with Crippen molar-refractivity contribution < 1.29 is 4.39 Å². The number of benzene rings is 1. The second kappa shape index (κ2) is 10.6. The van der Waals surface area contributed by atoms with Gasteiger partial charge in [-0.1, -0.05) is 39.1 Å². The Labute approximate surface area is 224 Å². The smallest absolute Gasteiger partial charge is 0.176 e. The van der Waals surface area contributed by atoms with Crippen LogP contribution in [0.15, 0.2) is 85.5 Å². The first-order chi connectivity index (χ1) is 18.4. The van der Waals surface area contributed by atoms with Crippen LogP contribution in [0.3, 0.4) is 0 Å². The van der Waals surface area contributed by atoms with Gasteiger partial charge < -0.3 is 10.3 Å². The van der Waals surface area contributed by atoms with Crippen LogP contribution in [0.25, 0.3) is 49.5 Å². The molecule has 0 aliphatic rings. The summed E-state index contributed by atoms with van der Waals surface area (Å²) in [4.78, 5) is 13.3. The van der Waals surface area contributed by atoms with Crippen molar-refractivity contribution in [3.8, 4) is 22.0 Å². The molecule has 8 heteroatoms. The van der Waals surface area contributed by atoms with Gasteiger partial charge in [0, 0.05) is 33.4 Å². The van der Waals surface area contributed by atoms with Crippen LogP contribution in [0.4, 0.5) is 4.39 Å². The van der Waals surface area contributed by atoms with E-state index in [0.29, 0.717) is 17.4 Å². The average Bonchev–Trinajstić information content (AvgIpc) is 3.63. The molecule has 6 nitrogen and oxygen atoms in total. The second-order valence-electron chi connectivity index (χ2n) is 9.48. The van der Waals surface area contributed by atoms with Crippen LogP contribution in [0.5, 0.6) is 0 Å². The number of halogens is 1. The van der Waals surface area contributed by atoms with Gasteiger partial charge in [0.25, 0.3) is 0 Å². The minimum absolute atomic E-state index is 0.244. The topological polar surface area (TPSA) is 82.3 Å². The fraction of sp³-hybridized carbons (Fsp3) is 0.167. The minimum atomic E-state index is -0.244. The number of fused-ring (bicyclic) bond motifs is 2. The molecule has 38 heavy (non-hydrogen) atoms. The summed E-state index contributed by atoms with van der Waals surface area (Å²) in [6.45, 7) is 14.5. The molecule has 0 saturated carbocycles. The number of hydrogen-bond donors (Lipinski definition) is 3. The van der Waals surface area contributed by atoms with Crippen molar-refractivity contribution in [3.05, 3.63) is 96.2 Å². The predicted octanol–water partition coefficient (Wildman–Crippen LogP) is 7.99. The molecule has 0 aliphatic heterocycles. The molecule has 4 aromatic heterocycles. The molecule has 0 fully saturated rings. The zero-order chi connectivity index (χ0) is 26.8. The molecule has 192 valence electrons. The predicted molar refractivity (Wildman–Crippen MR) is 156 cm³/mol. The van der Waals surface area contributed by atoms with Gasteiger partial charge in [0.1, 0.15) is 11.2 Å². The molecule has 3 N–H and O–H groups in total.